The Balaban J connectivity index is 1.43. The maximum absolute atomic E-state index is 12.3. The number of amidine groups is 1. The first-order valence-electron chi connectivity index (χ1n) is 9.09. The quantitative estimate of drug-likeness (QED) is 0.449. The summed E-state index contributed by atoms with van der Waals surface area (Å²) in [5.74, 6) is 0.559. The first kappa shape index (κ1) is 20.5. The molecular formula is C23H16Cl2N2O2S. The fourth-order valence-corrected chi connectivity index (χ4v) is 3.89. The van der Waals surface area contributed by atoms with Crippen LogP contribution in [0.2, 0.25) is 10.0 Å². The van der Waals surface area contributed by atoms with Gasteiger partial charge >= 0.3 is 0 Å². The number of rotatable bonds is 5. The molecule has 0 spiro atoms. The number of halogens is 2. The van der Waals surface area contributed by atoms with E-state index in [1.807, 2.05) is 60.7 Å². The summed E-state index contributed by atoms with van der Waals surface area (Å²) in [6.07, 6.45) is 1.81. The van der Waals surface area contributed by atoms with Gasteiger partial charge in [-0.25, -0.2) is 4.99 Å². The lowest BCUT2D eigenvalue weighted by Crippen LogP contribution is -2.19. The van der Waals surface area contributed by atoms with E-state index >= 15 is 0 Å². The number of aliphatic imine (C=N–C) groups is 1. The van der Waals surface area contributed by atoms with Gasteiger partial charge in [-0.2, -0.15) is 0 Å². The number of carbonyl (C=O) groups excluding carboxylic acids is 1. The molecular weight excluding hydrogens is 439 g/mol. The maximum atomic E-state index is 12.3. The normalized spacial score (nSPS) is 16.1. The predicted octanol–water partition coefficient (Wildman–Crippen LogP) is 6.46. The summed E-state index contributed by atoms with van der Waals surface area (Å²) in [6.45, 7) is 0.505. The van der Waals surface area contributed by atoms with Crippen molar-refractivity contribution in [3.05, 3.63) is 98.9 Å². The van der Waals surface area contributed by atoms with E-state index in [2.05, 4.69) is 10.3 Å². The number of ether oxygens (including phenoxy) is 1. The summed E-state index contributed by atoms with van der Waals surface area (Å²) < 4.78 is 5.79. The van der Waals surface area contributed by atoms with Crippen molar-refractivity contribution in [2.75, 3.05) is 0 Å². The molecule has 0 aromatic heterocycles. The molecule has 0 aliphatic carbocycles. The molecule has 30 heavy (non-hydrogen) atoms. The van der Waals surface area contributed by atoms with Gasteiger partial charge in [-0.05, 0) is 53.2 Å². The molecule has 0 radical (unpaired) electrons. The van der Waals surface area contributed by atoms with E-state index in [9.17, 15) is 4.79 Å². The van der Waals surface area contributed by atoms with Crippen LogP contribution in [-0.4, -0.2) is 11.1 Å². The molecule has 0 atom stereocenters. The highest BCUT2D eigenvalue weighted by Gasteiger charge is 2.24. The summed E-state index contributed by atoms with van der Waals surface area (Å²) >= 11 is 13.4. The number of hydrogen-bond acceptors (Lipinski definition) is 4. The van der Waals surface area contributed by atoms with Crippen molar-refractivity contribution >= 4 is 57.8 Å². The second-order valence-corrected chi connectivity index (χ2v) is 8.21. The summed E-state index contributed by atoms with van der Waals surface area (Å²) in [6, 6.07) is 22.7. The van der Waals surface area contributed by atoms with Gasteiger partial charge in [0.2, 0.25) is 0 Å². The summed E-state index contributed by atoms with van der Waals surface area (Å²) in [5, 5.41) is 3.97. The molecule has 1 fully saturated rings. The third-order valence-corrected chi connectivity index (χ3v) is 5.95. The van der Waals surface area contributed by atoms with Crippen molar-refractivity contribution in [1.29, 1.82) is 0 Å². The van der Waals surface area contributed by atoms with Gasteiger partial charge in [0.05, 0.1) is 20.6 Å². The topological polar surface area (TPSA) is 50.7 Å². The van der Waals surface area contributed by atoms with E-state index in [0.717, 1.165) is 16.9 Å². The number of benzene rings is 3. The van der Waals surface area contributed by atoms with Crippen molar-refractivity contribution in [1.82, 2.24) is 5.32 Å². The Morgan fingerprint density at radius 1 is 0.967 bits per heavy atom. The van der Waals surface area contributed by atoms with Gasteiger partial charge in [-0.1, -0.05) is 71.7 Å². The van der Waals surface area contributed by atoms with Crippen LogP contribution >= 0.6 is 35.0 Å². The molecule has 1 aliphatic rings. The largest absolute Gasteiger partial charge is 0.489 e. The van der Waals surface area contributed by atoms with Crippen molar-refractivity contribution in [2.45, 2.75) is 6.61 Å². The smallest absolute Gasteiger partial charge is 0.264 e. The van der Waals surface area contributed by atoms with E-state index in [0.29, 0.717) is 32.4 Å². The van der Waals surface area contributed by atoms with Crippen LogP contribution in [0.5, 0.6) is 5.75 Å². The molecule has 1 aliphatic heterocycles. The molecule has 3 aromatic carbocycles. The van der Waals surface area contributed by atoms with E-state index in [1.54, 1.807) is 18.2 Å². The fourth-order valence-electron chi connectivity index (χ4n) is 2.72. The molecule has 4 nitrogen and oxygen atoms in total. The van der Waals surface area contributed by atoms with Crippen LogP contribution in [0, 0.1) is 0 Å². The van der Waals surface area contributed by atoms with Crippen LogP contribution < -0.4 is 10.1 Å². The second kappa shape index (κ2) is 9.39. The number of thioether (sulfide) groups is 1. The van der Waals surface area contributed by atoms with Gasteiger partial charge in [-0.15, -0.1) is 0 Å². The van der Waals surface area contributed by atoms with Gasteiger partial charge < -0.3 is 10.1 Å². The van der Waals surface area contributed by atoms with Crippen molar-refractivity contribution in [3.8, 4) is 5.75 Å². The number of amides is 1. The zero-order valence-electron chi connectivity index (χ0n) is 15.6. The van der Waals surface area contributed by atoms with Crippen LogP contribution in [0.3, 0.4) is 0 Å². The molecule has 3 aromatic rings. The van der Waals surface area contributed by atoms with E-state index in [1.165, 1.54) is 11.8 Å². The Morgan fingerprint density at radius 2 is 1.73 bits per heavy atom. The van der Waals surface area contributed by atoms with Gasteiger partial charge in [0, 0.05) is 0 Å². The second-order valence-electron chi connectivity index (χ2n) is 6.40. The van der Waals surface area contributed by atoms with Gasteiger partial charge in [0.25, 0.3) is 5.91 Å². The molecule has 150 valence electrons. The highest BCUT2D eigenvalue weighted by atomic mass is 35.5. The molecule has 0 saturated carbocycles. The summed E-state index contributed by atoms with van der Waals surface area (Å²) in [4.78, 5) is 17.2. The van der Waals surface area contributed by atoms with E-state index in [-0.39, 0.29) is 5.91 Å². The zero-order valence-corrected chi connectivity index (χ0v) is 18.0. The van der Waals surface area contributed by atoms with E-state index < -0.39 is 0 Å². The van der Waals surface area contributed by atoms with Gasteiger partial charge in [-0.3, -0.25) is 4.79 Å². The summed E-state index contributed by atoms with van der Waals surface area (Å²) in [5.41, 5.74) is 2.50. The van der Waals surface area contributed by atoms with Crippen LogP contribution in [0.15, 0.2) is 82.7 Å². The first-order chi connectivity index (χ1) is 14.6. The molecule has 7 heteroatoms. The average molecular weight is 455 g/mol. The van der Waals surface area contributed by atoms with Crippen LogP contribution in [0.1, 0.15) is 11.1 Å². The monoisotopic (exact) mass is 454 g/mol. The Hall–Kier alpha value is -2.73. The fraction of sp³-hybridized carbons (Fsp3) is 0.0435. The van der Waals surface area contributed by atoms with Crippen molar-refractivity contribution in [2.24, 2.45) is 4.99 Å². The van der Waals surface area contributed by atoms with E-state index in [4.69, 9.17) is 27.9 Å². The number of carbonyl (C=O) groups is 1. The van der Waals surface area contributed by atoms with Crippen molar-refractivity contribution in [3.63, 3.8) is 0 Å². The lowest BCUT2D eigenvalue weighted by molar-refractivity contribution is -0.115. The minimum Gasteiger partial charge on any atom is -0.489 e. The third kappa shape index (κ3) is 5.05. The minimum atomic E-state index is -0.207. The SMILES string of the molecule is O=C1NC(=Nc2cccc(Cl)c2Cl)S/C1=C\c1ccc(OCc2ccccc2)cc1. The molecule has 4 rings (SSSR count). The molecule has 1 saturated heterocycles. The molecule has 1 N–H and O–H groups in total. The number of hydrogen-bond donors (Lipinski definition) is 1. The molecule has 1 amide bonds. The summed E-state index contributed by atoms with van der Waals surface area (Å²) in [7, 11) is 0. The highest BCUT2D eigenvalue weighted by molar-refractivity contribution is 8.18. The van der Waals surface area contributed by atoms with Crippen molar-refractivity contribution < 1.29 is 9.53 Å². The van der Waals surface area contributed by atoms with Crippen LogP contribution in [0.4, 0.5) is 5.69 Å². The lowest BCUT2D eigenvalue weighted by Gasteiger charge is -2.06. The van der Waals surface area contributed by atoms with Crippen LogP contribution in [0.25, 0.3) is 6.08 Å². The Labute approximate surface area is 188 Å². The molecule has 0 bridgehead atoms. The highest BCUT2D eigenvalue weighted by Crippen LogP contribution is 2.34. The Bertz CT molecular complexity index is 1130. The average Bonchev–Trinajstić information content (AvgIpc) is 3.10. The third-order valence-electron chi connectivity index (χ3n) is 4.23. The predicted molar refractivity (Wildman–Crippen MR) is 124 cm³/mol. The molecule has 0 unspecified atom stereocenters. The molecule has 1 heterocycles. The number of nitrogens with zero attached hydrogens (tertiary/aromatic N) is 1. The Kier molecular flexibility index (Phi) is 6.43. The lowest BCUT2D eigenvalue weighted by atomic mass is 10.2. The zero-order chi connectivity index (χ0) is 20.9. The maximum Gasteiger partial charge on any atom is 0.264 e. The standard InChI is InChI=1S/C23H16Cl2N2O2S/c24-18-7-4-8-19(21(18)25)26-23-27-22(28)20(30-23)13-15-9-11-17(12-10-15)29-14-16-5-2-1-3-6-16/h1-13H,14H2,(H,26,27,28)/b20-13-. The number of nitrogens with one attached hydrogen (secondary N) is 1. The van der Waals surface area contributed by atoms with Gasteiger partial charge in [0.1, 0.15) is 12.4 Å². The minimum absolute atomic E-state index is 0.207. The Morgan fingerprint density at radius 3 is 2.50 bits per heavy atom. The van der Waals surface area contributed by atoms with Crippen LogP contribution in [-0.2, 0) is 11.4 Å². The first-order valence-corrected chi connectivity index (χ1v) is 10.7. The van der Waals surface area contributed by atoms with Gasteiger partial charge in [0.15, 0.2) is 5.17 Å².